The van der Waals surface area contributed by atoms with Crippen LogP contribution in [0.2, 0.25) is 0 Å². The van der Waals surface area contributed by atoms with E-state index < -0.39 is 6.04 Å². The molecule has 0 amide bonds. The second-order valence-electron chi connectivity index (χ2n) is 7.39. The van der Waals surface area contributed by atoms with Crippen molar-refractivity contribution < 1.29 is 18.7 Å². The molecular weight excluding hydrogens is 385 g/mol. The maximum absolute atomic E-state index is 13.3. The molecule has 2 heterocycles. The highest BCUT2D eigenvalue weighted by molar-refractivity contribution is 5.76. The third-order valence-corrected chi connectivity index (χ3v) is 5.50. The number of imidazole rings is 1. The Kier molecular flexibility index (Phi) is 5.81. The van der Waals surface area contributed by atoms with Crippen molar-refractivity contribution >= 4 is 5.97 Å². The Morgan fingerprint density at radius 3 is 2.40 bits per heavy atom. The molecule has 1 aromatic heterocycles. The lowest BCUT2D eigenvalue weighted by Gasteiger charge is -2.34. The summed E-state index contributed by atoms with van der Waals surface area (Å²) in [5.74, 6) is 0.257. The third-order valence-electron chi connectivity index (χ3n) is 5.50. The van der Waals surface area contributed by atoms with Gasteiger partial charge in [-0.25, -0.2) is 9.37 Å². The van der Waals surface area contributed by atoms with E-state index in [1.165, 1.54) is 19.2 Å². The maximum atomic E-state index is 13.3. The van der Waals surface area contributed by atoms with Gasteiger partial charge in [0.05, 0.1) is 31.9 Å². The van der Waals surface area contributed by atoms with Crippen molar-refractivity contribution in [3.05, 3.63) is 83.2 Å². The standard InChI is InChI=1S/C23H24FN3O3/c1-29-19-9-5-17(6-10-19)13-27-15-25-20-11-21(23(28)30-2)26(14-22(20)27)12-16-3-7-18(24)8-4-16/h3-10,15,21H,11-14H2,1-2H3. The molecule has 30 heavy (non-hydrogen) atoms. The summed E-state index contributed by atoms with van der Waals surface area (Å²) in [5, 5.41) is 0. The summed E-state index contributed by atoms with van der Waals surface area (Å²) < 4.78 is 25.6. The van der Waals surface area contributed by atoms with Gasteiger partial charge in [-0.05, 0) is 35.4 Å². The van der Waals surface area contributed by atoms with Crippen molar-refractivity contribution in [3.8, 4) is 5.75 Å². The Balaban J connectivity index is 1.58. The van der Waals surface area contributed by atoms with Gasteiger partial charge < -0.3 is 14.0 Å². The highest BCUT2D eigenvalue weighted by Gasteiger charge is 2.34. The van der Waals surface area contributed by atoms with Crippen molar-refractivity contribution in [1.82, 2.24) is 14.5 Å². The summed E-state index contributed by atoms with van der Waals surface area (Å²) in [5.41, 5.74) is 4.06. The summed E-state index contributed by atoms with van der Waals surface area (Å²) in [6.45, 7) is 1.76. The molecule has 0 saturated heterocycles. The molecule has 7 heteroatoms. The fraction of sp³-hybridized carbons (Fsp3) is 0.304. The van der Waals surface area contributed by atoms with Gasteiger partial charge in [0, 0.05) is 26.1 Å². The molecule has 1 atom stereocenters. The number of hydrogen-bond donors (Lipinski definition) is 0. The molecule has 0 radical (unpaired) electrons. The van der Waals surface area contributed by atoms with Gasteiger partial charge in [-0.3, -0.25) is 9.69 Å². The second kappa shape index (κ2) is 8.67. The molecule has 0 saturated carbocycles. The molecule has 0 spiro atoms. The van der Waals surface area contributed by atoms with Crippen LogP contribution in [0.15, 0.2) is 54.9 Å². The Morgan fingerprint density at radius 1 is 1.07 bits per heavy atom. The van der Waals surface area contributed by atoms with Gasteiger partial charge in [-0.1, -0.05) is 24.3 Å². The first kappa shape index (κ1) is 20.1. The molecule has 0 aliphatic carbocycles. The number of carbonyl (C=O) groups excluding carboxylic acids is 1. The Morgan fingerprint density at radius 2 is 1.73 bits per heavy atom. The molecule has 0 N–H and O–H groups in total. The van der Waals surface area contributed by atoms with E-state index >= 15 is 0 Å². The smallest absolute Gasteiger partial charge is 0.323 e. The van der Waals surface area contributed by atoms with Crippen LogP contribution in [0.5, 0.6) is 5.75 Å². The predicted molar refractivity (Wildman–Crippen MR) is 109 cm³/mol. The number of aromatic nitrogens is 2. The number of nitrogens with zero attached hydrogens (tertiary/aromatic N) is 3. The van der Waals surface area contributed by atoms with Crippen LogP contribution in [0.1, 0.15) is 22.5 Å². The van der Waals surface area contributed by atoms with E-state index in [1.54, 1.807) is 19.2 Å². The lowest BCUT2D eigenvalue weighted by Crippen LogP contribution is -2.46. The van der Waals surface area contributed by atoms with Crippen LogP contribution >= 0.6 is 0 Å². The fourth-order valence-electron chi connectivity index (χ4n) is 3.84. The SMILES string of the molecule is COC(=O)C1Cc2ncn(Cc3ccc(OC)cc3)c2CN1Cc1ccc(F)cc1. The zero-order valence-corrected chi connectivity index (χ0v) is 17.0. The Hall–Kier alpha value is -3.19. The average Bonchev–Trinajstić information content (AvgIpc) is 3.16. The van der Waals surface area contributed by atoms with Crippen LogP contribution in [0.4, 0.5) is 4.39 Å². The van der Waals surface area contributed by atoms with E-state index in [1.807, 2.05) is 30.6 Å². The zero-order chi connectivity index (χ0) is 21.1. The topological polar surface area (TPSA) is 56.6 Å². The molecule has 0 bridgehead atoms. The number of rotatable bonds is 6. The van der Waals surface area contributed by atoms with E-state index in [0.29, 0.717) is 26.1 Å². The molecule has 1 unspecified atom stereocenters. The minimum atomic E-state index is -0.420. The number of halogens is 1. The van der Waals surface area contributed by atoms with Gasteiger partial charge in [0.1, 0.15) is 17.6 Å². The van der Waals surface area contributed by atoms with Crippen LogP contribution in [-0.4, -0.2) is 40.7 Å². The highest BCUT2D eigenvalue weighted by atomic mass is 19.1. The molecule has 2 aromatic carbocycles. The zero-order valence-electron chi connectivity index (χ0n) is 17.0. The number of carbonyl (C=O) groups is 1. The lowest BCUT2D eigenvalue weighted by atomic mass is 10.0. The monoisotopic (exact) mass is 409 g/mol. The van der Waals surface area contributed by atoms with Crippen molar-refractivity contribution in [3.63, 3.8) is 0 Å². The molecule has 1 aliphatic rings. The lowest BCUT2D eigenvalue weighted by molar-refractivity contribution is -0.148. The second-order valence-corrected chi connectivity index (χ2v) is 7.39. The molecule has 156 valence electrons. The Labute approximate surface area is 174 Å². The molecule has 3 aromatic rings. The minimum absolute atomic E-state index is 0.276. The fourth-order valence-corrected chi connectivity index (χ4v) is 3.84. The van der Waals surface area contributed by atoms with Crippen LogP contribution in [0, 0.1) is 5.82 Å². The van der Waals surface area contributed by atoms with Crippen LogP contribution < -0.4 is 4.74 Å². The predicted octanol–water partition coefficient (Wildman–Crippen LogP) is 3.18. The number of hydrogen-bond acceptors (Lipinski definition) is 5. The van der Waals surface area contributed by atoms with Crippen molar-refractivity contribution in [1.29, 1.82) is 0 Å². The van der Waals surface area contributed by atoms with Gasteiger partial charge in [0.2, 0.25) is 0 Å². The summed E-state index contributed by atoms with van der Waals surface area (Å²) in [7, 11) is 3.05. The van der Waals surface area contributed by atoms with Gasteiger partial charge in [-0.2, -0.15) is 0 Å². The third kappa shape index (κ3) is 4.21. The van der Waals surface area contributed by atoms with Gasteiger partial charge in [-0.15, -0.1) is 0 Å². The number of fused-ring (bicyclic) bond motifs is 1. The first-order valence-electron chi connectivity index (χ1n) is 9.79. The van der Waals surface area contributed by atoms with Gasteiger partial charge >= 0.3 is 5.97 Å². The first-order chi connectivity index (χ1) is 14.6. The molecular formula is C23H24FN3O3. The van der Waals surface area contributed by atoms with E-state index in [2.05, 4.69) is 14.5 Å². The maximum Gasteiger partial charge on any atom is 0.323 e. The molecule has 6 nitrogen and oxygen atoms in total. The highest BCUT2D eigenvalue weighted by Crippen LogP contribution is 2.26. The van der Waals surface area contributed by atoms with E-state index in [4.69, 9.17) is 9.47 Å². The molecule has 1 aliphatic heterocycles. The van der Waals surface area contributed by atoms with Crippen molar-refractivity contribution in [2.75, 3.05) is 14.2 Å². The van der Waals surface area contributed by atoms with Crippen molar-refractivity contribution in [2.45, 2.75) is 32.1 Å². The largest absolute Gasteiger partial charge is 0.497 e. The number of benzene rings is 2. The summed E-state index contributed by atoms with van der Waals surface area (Å²) in [4.78, 5) is 19.0. The summed E-state index contributed by atoms with van der Waals surface area (Å²) >= 11 is 0. The van der Waals surface area contributed by atoms with Gasteiger partial charge in [0.25, 0.3) is 0 Å². The average molecular weight is 409 g/mol. The van der Waals surface area contributed by atoms with E-state index in [-0.39, 0.29) is 11.8 Å². The first-order valence-corrected chi connectivity index (χ1v) is 9.79. The summed E-state index contributed by atoms with van der Waals surface area (Å²) in [6, 6.07) is 13.9. The molecule has 0 fully saturated rings. The van der Waals surface area contributed by atoms with Gasteiger partial charge in [0.15, 0.2) is 0 Å². The van der Waals surface area contributed by atoms with E-state index in [9.17, 15) is 9.18 Å². The minimum Gasteiger partial charge on any atom is -0.497 e. The summed E-state index contributed by atoms with van der Waals surface area (Å²) in [6.07, 6.45) is 2.31. The van der Waals surface area contributed by atoms with Crippen LogP contribution in [0.25, 0.3) is 0 Å². The van der Waals surface area contributed by atoms with E-state index in [0.717, 1.165) is 28.3 Å². The number of ether oxygens (including phenoxy) is 2. The normalized spacial score (nSPS) is 16.2. The number of methoxy groups -OCH3 is 2. The van der Waals surface area contributed by atoms with Crippen LogP contribution in [-0.2, 0) is 35.6 Å². The molecule has 4 rings (SSSR count). The Bertz CT molecular complexity index is 1020. The quantitative estimate of drug-likeness (QED) is 0.586. The number of esters is 1. The van der Waals surface area contributed by atoms with Crippen molar-refractivity contribution in [2.24, 2.45) is 0 Å². The van der Waals surface area contributed by atoms with Crippen LogP contribution in [0.3, 0.4) is 0 Å².